The highest BCUT2D eigenvalue weighted by Gasteiger charge is 2.42. The number of benzene rings is 1. The number of carbonyl (C=O) groups is 2. The van der Waals surface area contributed by atoms with Crippen LogP contribution in [0.4, 0.5) is 4.39 Å². The standard InChI is InChI=1S/C19H23FN2O6S/c20-16-14(19(24)25)5-6-15(17(16)28-13-9-11-3-4-12(11)10-13)18(23)21-29(26,27)22-7-1-2-8-22/h5-6,11-13H,1-4,7-10H2,(H,21,23)(H,24,25)/t11-,12+,13?. The lowest BCUT2D eigenvalue weighted by Gasteiger charge is -2.28. The zero-order valence-corrected chi connectivity index (χ0v) is 16.6. The van der Waals surface area contributed by atoms with Crippen LogP contribution >= 0.6 is 0 Å². The van der Waals surface area contributed by atoms with Gasteiger partial charge in [-0.2, -0.15) is 12.7 Å². The molecule has 2 aliphatic carbocycles. The Balaban J connectivity index is 1.61. The molecule has 158 valence electrons. The molecule has 0 bridgehead atoms. The molecule has 3 fully saturated rings. The fourth-order valence-electron chi connectivity index (χ4n) is 4.47. The van der Waals surface area contributed by atoms with Gasteiger partial charge in [-0.05, 0) is 62.5 Å². The molecule has 1 heterocycles. The maximum atomic E-state index is 14.9. The molecule has 3 aliphatic rings. The smallest absolute Gasteiger partial charge is 0.338 e. The van der Waals surface area contributed by atoms with Gasteiger partial charge >= 0.3 is 16.2 Å². The molecule has 10 heteroatoms. The van der Waals surface area contributed by atoms with Gasteiger partial charge in [0.1, 0.15) is 0 Å². The van der Waals surface area contributed by atoms with Gasteiger partial charge in [-0.25, -0.2) is 13.9 Å². The molecular weight excluding hydrogens is 403 g/mol. The Labute approximate surface area is 168 Å². The molecule has 1 aromatic carbocycles. The van der Waals surface area contributed by atoms with Gasteiger partial charge in [0.05, 0.1) is 17.2 Å². The van der Waals surface area contributed by atoms with Gasteiger partial charge in [0.15, 0.2) is 11.6 Å². The van der Waals surface area contributed by atoms with E-state index < -0.39 is 39.2 Å². The number of nitrogens with zero attached hydrogens (tertiary/aromatic N) is 1. The molecule has 1 amide bonds. The van der Waals surface area contributed by atoms with E-state index in [1.807, 2.05) is 4.72 Å². The molecule has 0 aromatic heterocycles. The SMILES string of the molecule is O=C(O)c1ccc(C(=O)NS(=O)(=O)N2CCCC2)c(OC2C[C@H]3CC[C@H]3C2)c1F. The highest BCUT2D eigenvalue weighted by atomic mass is 32.2. The van der Waals surface area contributed by atoms with Gasteiger partial charge in [-0.1, -0.05) is 0 Å². The van der Waals surface area contributed by atoms with Gasteiger partial charge in [-0.3, -0.25) is 4.79 Å². The molecule has 1 unspecified atom stereocenters. The number of fused-ring (bicyclic) bond motifs is 1. The Bertz CT molecular complexity index is 932. The van der Waals surface area contributed by atoms with E-state index in [0.717, 1.165) is 29.3 Å². The first-order valence-corrected chi connectivity index (χ1v) is 11.2. The van der Waals surface area contributed by atoms with Crippen LogP contribution in [0, 0.1) is 17.7 Å². The number of carboxylic acid groups (broad SMARTS) is 1. The minimum Gasteiger partial charge on any atom is -0.486 e. The van der Waals surface area contributed by atoms with Crippen molar-refractivity contribution >= 4 is 22.1 Å². The average Bonchev–Trinajstić information content (AvgIpc) is 3.26. The van der Waals surface area contributed by atoms with Crippen LogP contribution in [0.3, 0.4) is 0 Å². The van der Waals surface area contributed by atoms with Crippen molar-refractivity contribution in [1.29, 1.82) is 0 Å². The number of hydrogen-bond acceptors (Lipinski definition) is 5. The summed E-state index contributed by atoms with van der Waals surface area (Å²) in [5.41, 5.74) is -0.950. The van der Waals surface area contributed by atoms with Crippen molar-refractivity contribution < 1.29 is 32.2 Å². The zero-order valence-electron chi connectivity index (χ0n) is 15.8. The van der Waals surface area contributed by atoms with E-state index >= 15 is 0 Å². The van der Waals surface area contributed by atoms with Crippen LogP contribution in [0.5, 0.6) is 5.75 Å². The van der Waals surface area contributed by atoms with E-state index in [2.05, 4.69) is 0 Å². The molecule has 2 N–H and O–H groups in total. The lowest BCUT2D eigenvalue weighted by Crippen LogP contribution is -2.42. The second kappa shape index (κ2) is 7.56. The predicted molar refractivity (Wildman–Crippen MR) is 100 cm³/mol. The van der Waals surface area contributed by atoms with Crippen molar-refractivity contribution in [3.8, 4) is 5.75 Å². The number of amides is 1. The second-order valence-corrected chi connectivity index (χ2v) is 9.63. The Morgan fingerprint density at radius 1 is 1.10 bits per heavy atom. The van der Waals surface area contributed by atoms with Crippen LogP contribution in [0.25, 0.3) is 0 Å². The Morgan fingerprint density at radius 3 is 2.24 bits per heavy atom. The molecular formula is C19H23FN2O6S. The fraction of sp³-hybridized carbons (Fsp3) is 0.579. The molecule has 4 rings (SSSR count). The van der Waals surface area contributed by atoms with Crippen LogP contribution in [0.1, 0.15) is 59.2 Å². The summed E-state index contributed by atoms with van der Waals surface area (Å²) in [5, 5.41) is 9.21. The molecule has 2 saturated carbocycles. The minimum atomic E-state index is -4.06. The van der Waals surface area contributed by atoms with Crippen molar-refractivity contribution in [3.63, 3.8) is 0 Å². The molecule has 0 spiro atoms. The first kappa shape index (κ1) is 20.1. The third kappa shape index (κ3) is 3.83. The number of nitrogens with one attached hydrogen (secondary N) is 1. The van der Waals surface area contributed by atoms with E-state index in [1.165, 1.54) is 0 Å². The maximum Gasteiger partial charge on any atom is 0.338 e. The molecule has 29 heavy (non-hydrogen) atoms. The molecule has 1 aliphatic heterocycles. The van der Waals surface area contributed by atoms with E-state index in [1.54, 1.807) is 0 Å². The van der Waals surface area contributed by atoms with Gasteiger partial charge in [0, 0.05) is 13.1 Å². The summed E-state index contributed by atoms with van der Waals surface area (Å²) in [5.74, 6) is -3.16. The number of carboxylic acids is 1. The van der Waals surface area contributed by atoms with E-state index in [4.69, 9.17) is 4.74 Å². The predicted octanol–water partition coefficient (Wildman–Crippen LogP) is 2.16. The molecule has 1 saturated heterocycles. The minimum absolute atomic E-state index is 0.309. The van der Waals surface area contributed by atoms with E-state index in [9.17, 15) is 27.5 Å². The average molecular weight is 426 g/mol. The quantitative estimate of drug-likeness (QED) is 0.721. The number of rotatable bonds is 6. The van der Waals surface area contributed by atoms with Crippen molar-refractivity contribution in [3.05, 3.63) is 29.1 Å². The summed E-state index contributed by atoms with van der Waals surface area (Å²) >= 11 is 0. The summed E-state index contributed by atoms with van der Waals surface area (Å²) in [6.07, 6.45) is 4.69. The first-order chi connectivity index (χ1) is 13.8. The van der Waals surface area contributed by atoms with Crippen LogP contribution in [0.15, 0.2) is 12.1 Å². The highest BCUT2D eigenvalue weighted by Crippen LogP contribution is 2.48. The summed E-state index contributed by atoms with van der Waals surface area (Å²) in [6, 6.07) is 2.04. The number of halogens is 1. The van der Waals surface area contributed by atoms with Crippen molar-refractivity contribution in [2.24, 2.45) is 11.8 Å². The Kier molecular flexibility index (Phi) is 5.24. The number of hydrogen-bond donors (Lipinski definition) is 2. The van der Waals surface area contributed by atoms with Crippen LogP contribution < -0.4 is 9.46 Å². The van der Waals surface area contributed by atoms with Crippen LogP contribution in [0.2, 0.25) is 0 Å². The molecule has 0 radical (unpaired) electrons. The van der Waals surface area contributed by atoms with Crippen molar-refractivity contribution in [2.75, 3.05) is 13.1 Å². The van der Waals surface area contributed by atoms with Crippen LogP contribution in [-0.2, 0) is 10.2 Å². The number of ether oxygens (including phenoxy) is 1. The van der Waals surface area contributed by atoms with Crippen molar-refractivity contribution in [2.45, 2.75) is 44.6 Å². The van der Waals surface area contributed by atoms with Gasteiger partial charge < -0.3 is 9.84 Å². The normalized spacial score (nSPS) is 26.6. The summed E-state index contributed by atoms with van der Waals surface area (Å²) in [7, 11) is -4.06. The van der Waals surface area contributed by atoms with Crippen molar-refractivity contribution in [1.82, 2.24) is 9.03 Å². The maximum absolute atomic E-state index is 14.9. The Hall–Kier alpha value is -2.20. The summed E-state index contributed by atoms with van der Waals surface area (Å²) in [6.45, 7) is 0.617. The number of carbonyl (C=O) groups excluding carboxylic acids is 1. The largest absolute Gasteiger partial charge is 0.486 e. The molecule has 3 atom stereocenters. The Morgan fingerprint density at radius 2 is 1.69 bits per heavy atom. The van der Waals surface area contributed by atoms with E-state index in [-0.39, 0.29) is 11.7 Å². The lowest BCUT2D eigenvalue weighted by molar-refractivity contribution is 0.0688. The monoisotopic (exact) mass is 426 g/mol. The topological polar surface area (TPSA) is 113 Å². The first-order valence-electron chi connectivity index (χ1n) is 9.81. The summed E-state index contributed by atoms with van der Waals surface area (Å²) in [4.78, 5) is 24.0. The van der Waals surface area contributed by atoms with Crippen LogP contribution in [-0.4, -0.2) is 48.9 Å². The second-order valence-electron chi connectivity index (χ2n) is 7.96. The van der Waals surface area contributed by atoms with Gasteiger partial charge in [-0.15, -0.1) is 0 Å². The molecule has 1 aromatic rings. The zero-order chi connectivity index (χ0) is 20.8. The lowest BCUT2D eigenvalue weighted by atomic mass is 9.77. The van der Waals surface area contributed by atoms with Gasteiger partial charge in [0.25, 0.3) is 5.91 Å². The third-order valence-corrected chi connectivity index (χ3v) is 7.68. The third-order valence-electron chi connectivity index (χ3n) is 6.19. The van der Waals surface area contributed by atoms with E-state index in [0.29, 0.717) is 50.6 Å². The van der Waals surface area contributed by atoms with Gasteiger partial charge in [0.2, 0.25) is 0 Å². The number of aromatic carboxylic acids is 1. The fourth-order valence-corrected chi connectivity index (χ4v) is 5.69. The highest BCUT2D eigenvalue weighted by molar-refractivity contribution is 7.87. The summed E-state index contributed by atoms with van der Waals surface area (Å²) < 4.78 is 48.5. The molecule has 8 nitrogen and oxygen atoms in total.